The third-order valence-corrected chi connectivity index (χ3v) is 4.65. The van der Waals surface area contributed by atoms with Crippen LogP contribution in [0.1, 0.15) is 19.8 Å². The van der Waals surface area contributed by atoms with Gasteiger partial charge in [0.1, 0.15) is 6.10 Å². The minimum atomic E-state index is 0. The number of aliphatic imine (C=N–C) groups is 1. The summed E-state index contributed by atoms with van der Waals surface area (Å²) < 4.78 is 13.7. The Morgan fingerprint density at radius 3 is 2.88 bits per heavy atom. The van der Waals surface area contributed by atoms with E-state index in [-0.39, 0.29) is 36.2 Å². The Bertz CT molecular complexity index is 519. The quantitative estimate of drug-likeness (QED) is 0.409. The molecule has 7 nitrogen and oxygen atoms in total. The van der Waals surface area contributed by atoms with Crippen LogP contribution in [-0.4, -0.2) is 72.7 Å². The van der Waals surface area contributed by atoms with Crippen molar-refractivity contribution < 1.29 is 9.47 Å². The molecular weight excluding hydrogens is 433 g/mol. The average Bonchev–Trinajstić information content (AvgIpc) is 3.29. The van der Waals surface area contributed by atoms with E-state index < -0.39 is 0 Å². The second-order valence-electron chi connectivity index (χ2n) is 6.67. The van der Waals surface area contributed by atoms with Gasteiger partial charge in [0.15, 0.2) is 5.96 Å². The van der Waals surface area contributed by atoms with Crippen molar-refractivity contribution >= 4 is 29.9 Å². The number of ether oxygens (including phenoxy) is 2. The van der Waals surface area contributed by atoms with Gasteiger partial charge < -0.3 is 19.7 Å². The van der Waals surface area contributed by atoms with E-state index in [2.05, 4.69) is 27.2 Å². The molecule has 1 N–H and O–H groups in total. The minimum absolute atomic E-state index is 0. The molecular formula is C17H30IN5O2. The Morgan fingerprint density at radius 2 is 2.20 bits per heavy atom. The predicted octanol–water partition coefficient (Wildman–Crippen LogP) is 1.59. The second-order valence-corrected chi connectivity index (χ2v) is 6.67. The van der Waals surface area contributed by atoms with E-state index in [1.807, 2.05) is 30.2 Å². The van der Waals surface area contributed by atoms with E-state index in [9.17, 15) is 0 Å². The zero-order valence-corrected chi connectivity index (χ0v) is 17.5. The lowest BCUT2D eigenvalue weighted by Gasteiger charge is -2.37. The van der Waals surface area contributed by atoms with E-state index in [1.165, 1.54) is 0 Å². The van der Waals surface area contributed by atoms with E-state index >= 15 is 0 Å². The Labute approximate surface area is 167 Å². The van der Waals surface area contributed by atoms with E-state index in [0.29, 0.717) is 5.92 Å². The molecule has 25 heavy (non-hydrogen) atoms. The lowest BCUT2D eigenvalue weighted by Crippen LogP contribution is -2.53. The van der Waals surface area contributed by atoms with Crippen LogP contribution in [0.25, 0.3) is 0 Å². The van der Waals surface area contributed by atoms with Crippen LogP contribution < -0.4 is 5.32 Å². The van der Waals surface area contributed by atoms with Gasteiger partial charge in [0, 0.05) is 52.2 Å². The van der Waals surface area contributed by atoms with Crippen molar-refractivity contribution in [3.8, 4) is 0 Å². The number of nitrogens with one attached hydrogen (secondary N) is 1. The molecule has 2 aliphatic rings. The molecule has 3 atom stereocenters. The van der Waals surface area contributed by atoms with Gasteiger partial charge in [-0.25, -0.2) is 0 Å². The van der Waals surface area contributed by atoms with Gasteiger partial charge in [-0.05, 0) is 24.8 Å². The Morgan fingerprint density at radius 1 is 1.36 bits per heavy atom. The van der Waals surface area contributed by atoms with E-state index in [1.54, 1.807) is 0 Å². The first-order valence-electron chi connectivity index (χ1n) is 8.92. The summed E-state index contributed by atoms with van der Waals surface area (Å²) in [7, 11) is 1.84. The summed E-state index contributed by atoms with van der Waals surface area (Å²) in [5, 5.41) is 7.77. The number of halogens is 1. The average molecular weight is 463 g/mol. The van der Waals surface area contributed by atoms with Crippen molar-refractivity contribution in [2.45, 2.75) is 38.5 Å². The van der Waals surface area contributed by atoms with Crippen molar-refractivity contribution in [1.82, 2.24) is 20.0 Å². The predicted molar refractivity (Wildman–Crippen MR) is 108 cm³/mol. The Hall–Kier alpha value is -0.870. The van der Waals surface area contributed by atoms with Gasteiger partial charge in [0.05, 0.1) is 12.7 Å². The molecule has 2 aliphatic heterocycles. The molecule has 0 aromatic carbocycles. The maximum Gasteiger partial charge on any atom is 0.193 e. The molecule has 1 aromatic heterocycles. The van der Waals surface area contributed by atoms with Gasteiger partial charge in [-0.2, -0.15) is 5.10 Å². The molecule has 0 spiro atoms. The van der Waals surface area contributed by atoms with Crippen LogP contribution in [0.4, 0.5) is 0 Å². The molecule has 2 fully saturated rings. The summed E-state index contributed by atoms with van der Waals surface area (Å²) in [6.45, 7) is 7.30. The fourth-order valence-electron chi connectivity index (χ4n) is 3.38. The Balaban J connectivity index is 0.00000225. The number of rotatable bonds is 5. The summed E-state index contributed by atoms with van der Waals surface area (Å²) >= 11 is 0. The van der Waals surface area contributed by atoms with E-state index in [0.717, 1.165) is 58.2 Å². The summed E-state index contributed by atoms with van der Waals surface area (Å²) in [4.78, 5) is 6.74. The molecule has 0 radical (unpaired) electrons. The highest BCUT2D eigenvalue weighted by Crippen LogP contribution is 2.21. The minimum Gasteiger partial charge on any atom is -0.375 e. The van der Waals surface area contributed by atoms with Gasteiger partial charge in [-0.1, -0.05) is 6.92 Å². The van der Waals surface area contributed by atoms with Crippen molar-refractivity contribution in [2.24, 2.45) is 10.9 Å². The zero-order valence-electron chi connectivity index (χ0n) is 15.1. The third kappa shape index (κ3) is 5.82. The molecule has 142 valence electrons. The normalized spacial score (nSPS) is 25.5. The zero-order chi connectivity index (χ0) is 16.8. The van der Waals surface area contributed by atoms with Gasteiger partial charge in [-0.3, -0.25) is 9.67 Å². The molecule has 8 heteroatoms. The standard InChI is InChI=1S/C17H29N5O2.HI/c1-14(12-22-7-4-6-20-22)11-19-17(18-2)21-8-10-24-16(13-21)15-5-3-9-23-15;/h4,6-7,14-16H,3,5,8-13H2,1-2H3,(H,18,19);1H. The van der Waals surface area contributed by atoms with Crippen LogP contribution in [-0.2, 0) is 16.0 Å². The molecule has 1 aromatic rings. The highest BCUT2D eigenvalue weighted by Gasteiger charge is 2.32. The molecule has 0 amide bonds. The first-order valence-corrected chi connectivity index (χ1v) is 8.92. The van der Waals surface area contributed by atoms with Crippen molar-refractivity contribution in [3.63, 3.8) is 0 Å². The highest BCUT2D eigenvalue weighted by molar-refractivity contribution is 14.0. The van der Waals surface area contributed by atoms with Crippen LogP contribution in [0.15, 0.2) is 23.5 Å². The number of aromatic nitrogens is 2. The van der Waals surface area contributed by atoms with Crippen molar-refractivity contribution in [1.29, 1.82) is 0 Å². The first-order chi connectivity index (χ1) is 11.8. The van der Waals surface area contributed by atoms with Gasteiger partial charge in [0.25, 0.3) is 0 Å². The molecule has 3 unspecified atom stereocenters. The largest absolute Gasteiger partial charge is 0.375 e. The van der Waals surface area contributed by atoms with Crippen LogP contribution in [0.2, 0.25) is 0 Å². The number of nitrogens with zero attached hydrogens (tertiary/aromatic N) is 4. The fraction of sp³-hybridized carbons (Fsp3) is 0.765. The monoisotopic (exact) mass is 463 g/mol. The smallest absolute Gasteiger partial charge is 0.193 e. The number of hydrogen-bond acceptors (Lipinski definition) is 4. The Kier molecular flexibility index (Phi) is 8.44. The van der Waals surface area contributed by atoms with E-state index in [4.69, 9.17) is 9.47 Å². The lowest BCUT2D eigenvalue weighted by atomic mass is 10.1. The maximum absolute atomic E-state index is 5.92. The van der Waals surface area contributed by atoms with Gasteiger partial charge in [0.2, 0.25) is 0 Å². The van der Waals surface area contributed by atoms with Crippen LogP contribution in [0, 0.1) is 5.92 Å². The van der Waals surface area contributed by atoms with Gasteiger partial charge in [-0.15, -0.1) is 24.0 Å². The molecule has 0 aliphatic carbocycles. The molecule has 3 rings (SSSR count). The van der Waals surface area contributed by atoms with Crippen LogP contribution in [0.5, 0.6) is 0 Å². The number of morpholine rings is 1. The van der Waals surface area contributed by atoms with Crippen molar-refractivity contribution in [3.05, 3.63) is 18.5 Å². The molecule has 0 saturated carbocycles. The van der Waals surface area contributed by atoms with Gasteiger partial charge >= 0.3 is 0 Å². The summed E-state index contributed by atoms with van der Waals surface area (Å²) in [5.74, 6) is 1.42. The number of hydrogen-bond donors (Lipinski definition) is 1. The van der Waals surface area contributed by atoms with Crippen LogP contribution >= 0.6 is 24.0 Å². The topological polar surface area (TPSA) is 63.9 Å². The van der Waals surface area contributed by atoms with Crippen LogP contribution in [0.3, 0.4) is 0 Å². The summed E-state index contributed by atoms with van der Waals surface area (Å²) in [6, 6.07) is 1.96. The van der Waals surface area contributed by atoms with Crippen molar-refractivity contribution in [2.75, 3.05) is 39.9 Å². The highest BCUT2D eigenvalue weighted by atomic mass is 127. The SMILES string of the molecule is CN=C(NCC(C)Cn1cccn1)N1CCOC(C2CCCO2)C1.I. The molecule has 3 heterocycles. The third-order valence-electron chi connectivity index (χ3n) is 4.65. The lowest BCUT2D eigenvalue weighted by molar-refractivity contribution is -0.0817. The fourth-order valence-corrected chi connectivity index (χ4v) is 3.38. The summed E-state index contributed by atoms with van der Waals surface area (Å²) in [6.07, 6.45) is 6.46. The molecule has 2 saturated heterocycles. The first kappa shape index (κ1) is 20.4. The summed E-state index contributed by atoms with van der Waals surface area (Å²) in [5.41, 5.74) is 0. The number of guanidine groups is 1. The maximum atomic E-state index is 5.92. The molecule has 0 bridgehead atoms. The second kappa shape index (κ2) is 10.3.